The van der Waals surface area contributed by atoms with Crippen molar-refractivity contribution in [2.45, 2.75) is 61.2 Å². The van der Waals surface area contributed by atoms with Gasteiger partial charge in [-0.2, -0.15) is 4.31 Å². The molecule has 0 fully saturated rings. The van der Waals surface area contributed by atoms with Gasteiger partial charge in [0.15, 0.2) is 0 Å². The Kier molecular flexibility index (Phi) is 10.5. The molecule has 11 heteroatoms. The number of benzene rings is 3. The van der Waals surface area contributed by atoms with Crippen LogP contribution < -0.4 is 5.73 Å². The molecule has 2 amide bonds. The first-order chi connectivity index (χ1) is 20.1. The molecule has 1 heterocycles. The monoisotopic (exact) mass is 797 g/mol. The third-order valence-electron chi connectivity index (χ3n) is 7.43. The highest BCUT2D eigenvalue weighted by atomic mass is 127. The largest absolute Gasteiger partial charge is 0.368 e. The molecule has 3 aromatic carbocycles. The van der Waals surface area contributed by atoms with Gasteiger partial charge in [0.2, 0.25) is 15.9 Å². The first kappa shape index (κ1) is 33.6. The van der Waals surface area contributed by atoms with Crippen LogP contribution >= 0.6 is 50.1 Å². The molecule has 1 aliphatic rings. The summed E-state index contributed by atoms with van der Waals surface area (Å²) in [6.45, 7) is 7.59. The van der Waals surface area contributed by atoms with E-state index in [0.29, 0.717) is 5.56 Å². The normalized spacial score (nSPS) is 19.0. The van der Waals surface area contributed by atoms with E-state index < -0.39 is 49.4 Å². The van der Waals surface area contributed by atoms with Crippen molar-refractivity contribution in [3.05, 3.63) is 111 Å². The lowest BCUT2D eigenvalue weighted by atomic mass is 9.87. The van der Waals surface area contributed by atoms with Crippen LogP contribution in [-0.4, -0.2) is 45.6 Å². The number of halogens is 3. The fourth-order valence-electron chi connectivity index (χ4n) is 5.35. The third kappa shape index (κ3) is 7.19. The Bertz CT molecular complexity index is 1630. The molecule has 0 saturated heterocycles. The molecule has 43 heavy (non-hydrogen) atoms. The summed E-state index contributed by atoms with van der Waals surface area (Å²) in [7, 11) is -4.23. The summed E-state index contributed by atoms with van der Waals surface area (Å²) in [5.74, 6) is -1.10. The summed E-state index contributed by atoms with van der Waals surface area (Å²) in [6, 6.07) is 20.2. The summed E-state index contributed by atoms with van der Waals surface area (Å²) >= 11 is 12.0. The summed E-state index contributed by atoms with van der Waals surface area (Å²) in [6.07, 6.45) is 1.95. The molecule has 1 aliphatic heterocycles. The fraction of sp³-hybridized carbons (Fsp3) is 0.312. The van der Waals surface area contributed by atoms with E-state index in [1.54, 1.807) is 30.3 Å². The molecule has 0 bridgehead atoms. The van der Waals surface area contributed by atoms with E-state index in [1.165, 1.54) is 21.3 Å². The van der Waals surface area contributed by atoms with E-state index in [-0.39, 0.29) is 21.9 Å². The number of alkyl halides is 1. The van der Waals surface area contributed by atoms with Gasteiger partial charge in [0.1, 0.15) is 10.9 Å². The lowest BCUT2D eigenvalue weighted by Crippen LogP contribution is -2.52. The Hall–Kier alpha value is -2.25. The van der Waals surface area contributed by atoms with E-state index >= 15 is 0 Å². The van der Waals surface area contributed by atoms with Gasteiger partial charge in [-0.15, -0.1) is 0 Å². The van der Waals surface area contributed by atoms with Gasteiger partial charge in [-0.1, -0.05) is 132 Å². The van der Waals surface area contributed by atoms with E-state index in [0.717, 1.165) is 10.0 Å². The summed E-state index contributed by atoms with van der Waals surface area (Å²) < 4.78 is 30.8. The standard InChI is InChI=1S/C32H34BrClIN3O4S/c1-20(35)37(26(30(36)39)18-21-10-6-5-7-11-21)31(40)24-19-28(32(2,3)4)38(29(24)22-14-16-23(33)17-15-22)43(41,42)27-13-9-8-12-25(27)34/h5-17,19-20,26,28-29H,18H2,1-4H3,(H2,36,39)/t20-,26-,28?,29?/m0/s1. The van der Waals surface area contributed by atoms with Crippen molar-refractivity contribution in [3.8, 4) is 0 Å². The number of carbonyl (C=O) groups excluding carboxylic acids is 2. The topological polar surface area (TPSA) is 101 Å². The second-order valence-corrected chi connectivity index (χ2v) is 16.5. The SMILES string of the molecule is C[C@@H](I)N(C(=O)C1=CC(C(C)(C)C)N(S(=O)(=O)c2ccccc2Cl)C1c1ccc(Br)cc1)[C@@H](Cc1ccccc1)C(N)=O. The molecule has 7 nitrogen and oxygen atoms in total. The average Bonchev–Trinajstić information content (AvgIpc) is 3.36. The zero-order valence-electron chi connectivity index (χ0n) is 24.2. The summed E-state index contributed by atoms with van der Waals surface area (Å²) in [5.41, 5.74) is 7.01. The van der Waals surface area contributed by atoms with Crippen molar-refractivity contribution in [1.29, 1.82) is 0 Å². The highest BCUT2D eigenvalue weighted by Crippen LogP contribution is 2.47. The van der Waals surface area contributed by atoms with E-state index in [4.69, 9.17) is 17.3 Å². The Morgan fingerprint density at radius 1 is 1.02 bits per heavy atom. The molecule has 0 aliphatic carbocycles. The van der Waals surface area contributed by atoms with Gasteiger partial charge in [0, 0.05) is 22.5 Å². The average molecular weight is 799 g/mol. The molecule has 0 saturated carbocycles. The maximum atomic E-state index is 14.7. The molecule has 0 spiro atoms. The van der Waals surface area contributed by atoms with Crippen LogP contribution in [-0.2, 0) is 26.0 Å². The van der Waals surface area contributed by atoms with Gasteiger partial charge in [-0.05, 0) is 47.7 Å². The van der Waals surface area contributed by atoms with Crippen molar-refractivity contribution >= 4 is 72.0 Å². The van der Waals surface area contributed by atoms with Crippen LogP contribution in [0.5, 0.6) is 0 Å². The second-order valence-electron chi connectivity index (χ2n) is 11.5. The van der Waals surface area contributed by atoms with Crippen LogP contribution in [0, 0.1) is 5.41 Å². The van der Waals surface area contributed by atoms with Crippen LogP contribution in [0.4, 0.5) is 0 Å². The van der Waals surface area contributed by atoms with Crippen molar-refractivity contribution in [3.63, 3.8) is 0 Å². The number of primary amides is 1. The highest BCUT2D eigenvalue weighted by Gasteiger charge is 2.51. The number of amides is 2. The number of nitrogens with two attached hydrogens (primary N) is 1. The van der Waals surface area contributed by atoms with Crippen molar-refractivity contribution in [1.82, 2.24) is 9.21 Å². The van der Waals surface area contributed by atoms with Gasteiger partial charge < -0.3 is 10.6 Å². The van der Waals surface area contributed by atoms with E-state index in [2.05, 4.69) is 38.5 Å². The number of rotatable bonds is 9. The van der Waals surface area contributed by atoms with E-state index in [1.807, 2.05) is 70.2 Å². The van der Waals surface area contributed by atoms with Crippen LogP contribution in [0.25, 0.3) is 0 Å². The number of hydrogen-bond acceptors (Lipinski definition) is 4. The van der Waals surface area contributed by atoms with Crippen LogP contribution in [0.2, 0.25) is 5.02 Å². The summed E-state index contributed by atoms with van der Waals surface area (Å²) in [4.78, 5) is 29.0. The number of carbonyl (C=O) groups is 2. The first-order valence-corrected chi connectivity index (χ1v) is 17.6. The fourth-order valence-corrected chi connectivity index (χ4v) is 8.67. The number of nitrogens with zero attached hydrogens (tertiary/aromatic N) is 2. The summed E-state index contributed by atoms with van der Waals surface area (Å²) in [5, 5.41) is 0.0867. The van der Waals surface area contributed by atoms with Crippen molar-refractivity contribution < 1.29 is 18.0 Å². The van der Waals surface area contributed by atoms with Gasteiger partial charge in [-0.3, -0.25) is 9.59 Å². The highest BCUT2D eigenvalue weighted by molar-refractivity contribution is 14.1. The molecular formula is C32H34BrClIN3O4S. The molecule has 0 radical (unpaired) electrons. The minimum atomic E-state index is -4.23. The molecular weight excluding hydrogens is 765 g/mol. The predicted octanol–water partition coefficient (Wildman–Crippen LogP) is 6.90. The minimum Gasteiger partial charge on any atom is -0.368 e. The maximum absolute atomic E-state index is 14.7. The van der Waals surface area contributed by atoms with Crippen molar-refractivity contribution in [2.75, 3.05) is 0 Å². The minimum absolute atomic E-state index is 0.0478. The van der Waals surface area contributed by atoms with Gasteiger partial charge in [-0.25, -0.2) is 8.42 Å². The second kappa shape index (κ2) is 13.4. The molecule has 228 valence electrons. The van der Waals surface area contributed by atoms with Gasteiger partial charge in [0.25, 0.3) is 5.91 Å². The lowest BCUT2D eigenvalue weighted by Gasteiger charge is -2.38. The quantitative estimate of drug-likeness (QED) is 0.145. The van der Waals surface area contributed by atoms with Crippen LogP contribution in [0.1, 0.15) is 44.9 Å². The maximum Gasteiger partial charge on any atom is 0.253 e. The first-order valence-electron chi connectivity index (χ1n) is 13.7. The Morgan fingerprint density at radius 2 is 1.60 bits per heavy atom. The third-order valence-corrected chi connectivity index (χ3v) is 10.9. The number of sulfonamides is 1. The Labute approximate surface area is 280 Å². The molecule has 3 aromatic rings. The Balaban J connectivity index is 1.92. The Morgan fingerprint density at radius 3 is 2.14 bits per heavy atom. The molecule has 2 unspecified atom stereocenters. The zero-order chi connectivity index (χ0) is 31.7. The molecule has 2 N–H and O–H groups in total. The van der Waals surface area contributed by atoms with Crippen LogP contribution in [0.3, 0.4) is 0 Å². The molecule has 4 rings (SSSR count). The zero-order valence-corrected chi connectivity index (χ0v) is 29.6. The molecule has 0 aromatic heterocycles. The van der Waals surface area contributed by atoms with Crippen LogP contribution in [0.15, 0.2) is 99.9 Å². The number of hydrogen-bond donors (Lipinski definition) is 1. The predicted molar refractivity (Wildman–Crippen MR) is 182 cm³/mol. The van der Waals surface area contributed by atoms with Crippen molar-refractivity contribution in [2.24, 2.45) is 11.1 Å². The smallest absolute Gasteiger partial charge is 0.253 e. The van der Waals surface area contributed by atoms with E-state index in [9.17, 15) is 18.0 Å². The van der Waals surface area contributed by atoms with Gasteiger partial charge in [0.05, 0.1) is 15.1 Å². The lowest BCUT2D eigenvalue weighted by molar-refractivity contribution is -0.136. The van der Waals surface area contributed by atoms with Gasteiger partial charge >= 0.3 is 0 Å². The molecule has 4 atom stereocenters.